The van der Waals surface area contributed by atoms with Gasteiger partial charge in [0.1, 0.15) is 0 Å². The fraction of sp³-hybridized carbons (Fsp3) is 0.917. The van der Waals surface area contributed by atoms with E-state index in [1.54, 1.807) is 0 Å². The van der Waals surface area contributed by atoms with Gasteiger partial charge in [0.05, 0.1) is 12.5 Å². The first-order valence-electron chi connectivity index (χ1n) is 5.99. The Morgan fingerprint density at radius 3 is 2.53 bits per heavy atom. The Labute approximate surface area is 91.8 Å². The number of carbonyl (C=O) groups is 1. The van der Waals surface area contributed by atoms with Gasteiger partial charge in [0.25, 0.3) is 0 Å². The van der Waals surface area contributed by atoms with Crippen molar-refractivity contribution in [2.75, 3.05) is 19.7 Å². The zero-order valence-corrected chi connectivity index (χ0v) is 9.95. The average Bonchev–Trinajstić information content (AvgIpc) is 2.59. The quantitative estimate of drug-likeness (QED) is 0.665. The Balaban J connectivity index is 1.99. The minimum atomic E-state index is -0.000556. The molecule has 0 radical (unpaired) electrons. The molecule has 0 aromatic rings. The topological polar surface area (TPSA) is 29.5 Å². The lowest BCUT2D eigenvalue weighted by Crippen LogP contribution is -2.26. The number of likely N-dealkylation sites (tertiary alicyclic amines) is 1. The molecule has 1 saturated heterocycles. The van der Waals surface area contributed by atoms with E-state index in [1.807, 2.05) is 6.92 Å². The molecule has 1 heterocycles. The van der Waals surface area contributed by atoms with E-state index in [0.29, 0.717) is 12.6 Å². The van der Waals surface area contributed by atoms with Gasteiger partial charge in [-0.2, -0.15) is 0 Å². The SMILES string of the molecule is CCOC(=O)[C@H]1[C@H](N2CCCC2)C1(C)C. The molecule has 86 valence electrons. The lowest BCUT2D eigenvalue weighted by Gasteiger charge is -2.15. The van der Waals surface area contributed by atoms with Gasteiger partial charge in [-0.3, -0.25) is 9.69 Å². The summed E-state index contributed by atoms with van der Waals surface area (Å²) in [6, 6.07) is 0.430. The number of nitrogens with zero attached hydrogens (tertiary/aromatic N) is 1. The highest BCUT2D eigenvalue weighted by molar-refractivity contribution is 5.78. The van der Waals surface area contributed by atoms with Crippen LogP contribution in [-0.2, 0) is 9.53 Å². The Morgan fingerprint density at radius 1 is 1.40 bits per heavy atom. The van der Waals surface area contributed by atoms with E-state index in [1.165, 1.54) is 12.8 Å². The minimum absolute atomic E-state index is 0.000556. The van der Waals surface area contributed by atoms with Gasteiger partial charge in [-0.05, 0) is 38.3 Å². The highest BCUT2D eigenvalue weighted by Gasteiger charge is 2.65. The van der Waals surface area contributed by atoms with Crippen LogP contribution >= 0.6 is 0 Å². The van der Waals surface area contributed by atoms with E-state index in [0.717, 1.165) is 13.1 Å². The summed E-state index contributed by atoms with van der Waals surface area (Å²) in [6.07, 6.45) is 2.56. The van der Waals surface area contributed by atoms with E-state index in [2.05, 4.69) is 18.7 Å². The number of esters is 1. The monoisotopic (exact) mass is 211 g/mol. The highest BCUT2D eigenvalue weighted by atomic mass is 16.5. The second-order valence-corrected chi connectivity index (χ2v) is 5.24. The summed E-state index contributed by atoms with van der Waals surface area (Å²) in [5.74, 6) is 0.106. The van der Waals surface area contributed by atoms with Gasteiger partial charge in [-0.15, -0.1) is 0 Å². The lowest BCUT2D eigenvalue weighted by molar-refractivity contribution is -0.145. The maximum atomic E-state index is 11.7. The standard InChI is InChI=1S/C12H21NO2/c1-4-15-11(14)9-10(12(9,2)3)13-7-5-6-8-13/h9-10H,4-8H2,1-3H3/t9-,10+/m1/s1. The normalized spacial score (nSPS) is 34.1. The number of hydrogen-bond acceptors (Lipinski definition) is 3. The molecule has 3 heteroatoms. The summed E-state index contributed by atoms with van der Waals surface area (Å²) in [5.41, 5.74) is 0.122. The van der Waals surface area contributed by atoms with Crippen molar-refractivity contribution in [1.82, 2.24) is 4.90 Å². The summed E-state index contributed by atoms with van der Waals surface area (Å²) in [5, 5.41) is 0. The van der Waals surface area contributed by atoms with Crippen LogP contribution in [0.1, 0.15) is 33.6 Å². The van der Waals surface area contributed by atoms with Gasteiger partial charge in [-0.25, -0.2) is 0 Å². The minimum Gasteiger partial charge on any atom is -0.466 e. The van der Waals surface area contributed by atoms with Crippen LogP contribution in [0.25, 0.3) is 0 Å². The summed E-state index contributed by atoms with van der Waals surface area (Å²) < 4.78 is 5.13. The molecule has 0 unspecified atom stereocenters. The van der Waals surface area contributed by atoms with Crippen LogP contribution < -0.4 is 0 Å². The smallest absolute Gasteiger partial charge is 0.311 e. The average molecular weight is 211 g/mol. The molecule has 2 fully saturated rings. The molecule has 0 bridgehead atoms. The molecule has 2 rings (SSSR count). The first kappa shape index (κ1) is 10.9. The van der Waals surface area contributed by atoms with E-state index in [4.69, 9.17) is 4.74 Å². The van der Waals surface area contributed by atoms with Crippen LogP contribution in [0.2, 0.25) is 0 Å². The zero-order valence-electron chi connectivity index (χ0n) is 9.95. The van der Waals surface area contributed by atoms with Crippen molar-refractivity contribution < 1.29 is 9.53 Å². The Morgan fingerprint density at radius 2 is 2.00 bits per heavy atom. The highest BCUT2D eigenvalue weighted by Crippen LogP contribution is 2.56. The molecule has 3 nitrogen and oxygen atoms in total. The summed E-state index contributed by atoms with van der Waals surface area (Å²) in [7, 11) is 0. The van der Waals surface area contributed by atoms with Crippen LogP contribution in [-0.4, -0.2) is 36.6 Å². The van der Waals surface area contributed by atoms with Crippen LogP contribution in [0.4, 0.5) is 0 Å². The maximum absolute atomic E-state index is 11.7. The third-order valence-electron chi connectivity index (χ3n) is 3.85. The fourth-order valence-electron chi connectivity index (χ4n) is 2.98. The van der Waals surface area contributed by atoms with Crippen LogP contribution in [0.5, 0.6) is 0 Å². The Bertz CT molecular complexity index is 256. The molecule has 2 aliphatic rings. The molecule has 0 N–H and O–H groups in total. The van der Waals surface area contributed by atoms with Crippen molar-refractivity contribution in [1.29, 1.82) is 0 Å². The maximum Gasteiger partial charge on any atom is 0.311 e. The summed E-state index contributed by atoms with van der Waals surface area (Å²) in [4.78, 5) is 14.2. The molecular formula is C12H21NO2. The van der Waals surface area contributed by atoms with Gasteiger partial charge >= 0.3 is 5.97 Å². The van der Waals surface area contributed by atoms with Gasteiger partial charge in [0.2, 0.25) is 0 Å². The van der Waals surface area contributed by atoms with Crippen LogP contribution in [0.3, 0.4) is 0 Å². The molecule has 1 aliphatic carbocycles. The molecule has 0 aromatic carbocycles. The summed E-state index contributed by atoms with van der Waals surface area (Å²) in [6.45, 7) is 9.04. The van der Waals surface area contributed by atoms with Crippen molar-refractivity contribution in [3.63, 3.8) is 0 Å². The van der Waals surface area contributed by atoms with E-state index < -0.39 is 0 Å². The van der Waals surface area contributed by atoms with Gasteiger partial charge in [-0.1, -0.05) is 13.8 Å². The van der Waals surface area contributed by atoms with Crippen LogP contribution in [0.15, 0.2) is 0 Å². The first-order chi connectivity index (χ1) is 7.09. The molecule has 0 spiro atoms. The number of carbonyl (C=O) groups excluding carboxylic acids is 1. The number of hydrogen-bond donors (Lipinski definition) is 0. The molecule has 0 aromatic heterocycles. The van der Waals surface area contributed by atoms with Crippen molar-refractivity contribution in [3.05, 3.63) is 0 Å². The molecule has 2 atom stereocenters. The van der Waals surface area contributed by atoms with Crippen molar-refractivity contribution in [2.45, 2.75) is 39.7 Å². The van der Waals surface area contributed by atoms with Crippen molar-refractivity contribution in [3.8, 4) is 0 Å². The van der Waals surface area contributed by atoms with Crippen molar-refractivity contribution >= 4 is 5.97 Å². The summed E-state index contributed by atoms with van der Waals surface area (Å²) >= 11 is 0. The van der Waals surface area contributed by atoms with Gasteiger partial charge in [0, 0.05) is 6.04 Å². The predicted molar refractivity (Wildman–Crippen MR) is 58.5 cm³/mol. The Kier molecular flexibility index (Phi) is 2.75. The molecule has 1 aliphatic heterocycles. The van der Waals surface area contributed by atoms with Crippen molar-refractivity contribution in [2.24, 2.45) is 11.3 Å². The zero-order chi connectivity index (χ0) is 11.1. The second-order valence-electron chi connectivity index (χ2n) is 5.24. The van der Waals surface area contributed by atoms with Gasteiger partial charge in [0.15, 0.2) is 0 Å². The largest absolute Gasteiger partial charge is 0.466 e. The number of ether oxygens (including phenoxy) is 1. The molecular weight excluding hydrogens is 190 g/mol. The Hall–Kier alpha value is -0.570. The number of rotatable bonds is 3. The van der Waals surface area contributed by atoms with E-state index in [-0.39, 0.29) is 17.3 Å². The third-order valence-corrected chi connectivity index (χ3v) is 3.85. The van der Waals surface area contributed by atoms with E-state index >= 15 is 0 Å². The fourth-order valence-corrected chi connectivity index (χ4v) is 2.98. The third kappa shape index (κ3) is 1.78. The molecule has 15 heavy (non-hydrogen) atoms. The van der Waals surface area contributed by atoms with E-state index in [9.17, 15) is 4.79 Å². The molecule has 0 amide bonds. The molecule has 1 saturated carbocycles. The predicted octanol–water partition coefficient (Wildman–Crippen LogP) is 1.67. The van der Waals surface area contributed by atoms with Crippen LogP contribution in [0, 0.1) is 11.3 Å². The lowest BCUT2D eigenvalue weighted by atomic mass is 10.1. The first-order valence-corrected chi connectivity index (χ1v) is 5.99. The van der Waals surface area contributed by atoms with Gasteiger partial charge < -0.3 is 4.74 Å². The second kappa shape index (κ2) is 3.78.